The molecule has 0 fully saturated rings. The Bertz CT molecular complexity index is 1390. The van der Waals surface area contributed by atoms with E-state index in [1.165, 1.54) is 16.6 Å². The first-order valence-electron chi connectivity index (χ1n) is 10.7. The van der Waals surface area contributed by atoms with Crippen LogP contribution in [-0.4, -0.2) is 33.0 Å². The largest absolute Gasteiger partial charge is 0.494 e. The maximum Gasteiger partial charge on any atom is 0.267 e. The Morgan fingerprint density at radius 2 is 2.12 bits per heavy atom. The molecule has 0 atom stereocenters. The third-order valence-electron chi connectivity index (χ3n) is 5.34. The summed E-state index contributed by atoms with van der Waals surface area (Å²) in [4.78, 5) is 33.0. The van der Waals surface area contributed by atoms with Crippen LogP contribution in [0.1, 0.15) is 29.5 Å². The van der Waals surface area contributed by atoms with Crippen molar-refractivity contribution in [2.24, 2.45) is 0 Å². The number of fused-ring (bicyclic) bond motifs is 3. The topological polar surface area (TPSA) is 99.2 Å². The molecule has 3 heterocycles. The molecule has 1 aromatic carbocycles. The van der Waals surface area contributed by atoms with Gasteiger partial charge in [0.05, 0.1) is 23.4 Å². The van der Waals surface area contributed by atoms with Gasteiger partial charge in [0.2, 0.25) is 5.91 Å². The van der Waals surface area contributed by atoms with Crippen molar-refractivity contribution in [1.29, 1.82) is 0 Å². The fourth-order valence-corrected chi connectivity index (χ4v) is 6.06. The average Bonchev–Trinajstić information content (AvgIpc) is 3.49. The summed E-state index contributed by atoms with van der Waals surface area (Å²) < 4.78 is 12.1. The molecular formula is C23H22N4O4S2. The molecule has 1 N–H and O–H groups in total. The molecule has 170 valence electrons. The minimum atomic E-state index is -0.255. The van der Waals surface area contributed by atoms with E-state index in [4.69, 9.17) is 14.2 Å². The van der Waals surface area contributed by atoms with Gasteiger partial charge in [-0.15, -0.1) is 11.3 Å². The van der Waals surface area contributed by atoms with E-state index in [1.807, 2.05) is 31.2 Å². The molecule has 0 saturated carbocycles. The van der Waals surface area contributed by atoms with Gasteiger partial charge in [-0.2, -0.15) is 0 Å². The molecule has 1 aliphatic rings. The van der Waals surface area contributed by atoms with Crippen LogP contribution in [0.5, 0.6) is 5.75 Å². The number of carbonyl (C=O) groups excluding carboxylic acids is 1. The Morgan fingerprint density at radius 1 is 1.30 bits per heavy atom. The molecule has 3 aromatic heterocycles. The number of thioether (sulfide) groups is 1. The highest BCUT2D eigenvalue weighted by molar-refractivity contribution is 7.99. The second kappa shape index (κ2) is 9.03. The molecule has 0 unspecified atom stereocenters. The van der Waals surface area contributed by atoms with Gasteiger partial charge in [0.15, 0.2) is 11.0 Å². The number of aryl methyl sites for hydroxylation is 3. The molecule has 1 aliphatic carbocycles. The number of benzene rings is 1. The van der Waals surface area contributed by atoms with Crippen molar-refractivity contribution in [2.45, 2.75) is 38.3 Å². The number of nitrogens with one attached hydrogen (secondary N) is 1. The van der Waals surface area contributed by atoms with E-state index in [1.54, 1.807) is 28.9 Å². The predicted molar refractivity (Wildman–Crippen MR) is 129 cm³/mol. The lowest BCUT2D eigenvalue weighted by Gasteiger charge is -2.13. The molecule has 0 radical (unpaired) electrons. The summed E-state index contributed by atoms with van der Waals surface area (Å²) in [6.45, 7) is 4.24. The highest BCUT2D eigenvalue weighted by Crippen LogP contribution is 2.36. The summed E-state index contributed by atoms with van der Waals surface area (Å²) >= 11 is 2.80. The number of anilines is 1. The van der Waals surface area contributed by atoms with Crippen molar-refractivity contribution in [1.82, 2.24) is 14.7 Å². The van der Waals surface area contributed by atoms with Crippen molar-refractivity contribution >= 4 is 45.0 Å². The minimum Gasteiger partial charge on any atom is -0.494 e. The zero-order valence-electron chi connectivity index (χ0n) is 18.2. The molecule has 8 nitrogen and oxygen atoms in total. The Balaban J connectivity index is 1.51. The number of hydrogen-bond acceptors (Lipinski definition) is 8. The zero-order valence-corrected chi connectivity index (χ0v) is 19.8. The summed E-state index contributed by atoms with van der Waals surface area (Å²) in [5.74, 6) is 1.53. The minimum absolute atomic E-state index is 0.0754. The van der Waals surface area contributed by atoms with Crippen LogP contribution in [0.4, 0.5) is 5.82 Å². The van der Waals surface area contributed by atoms with Crippen LogP contribution in [0.2, 0.25) is 0 Å². The Kier molecular flexibility index (Phi) is 5.94. The first-order valence-corrected chi connectivity index (χ1v) is 12.5. The number of rotatable bonds is 7. The van der Waals surface area contributed by atoms with Gasteiger partial charge >= 0.3 is 0 Å². The molecule has 33 heavy (non-hydrogen) atoms. The molecule has 0 spiro atoms. The summed E-state index contributed by atoms with van der Waals surface area (Å²) in [6.07, 6.45) is 2.96. The van der Waals surface area contributed by atoms with E-state index in [0.717, 1.165) is 35.4 Å². The van der Waals surface area contributed by atoms with Crippen LogP contribution >= 0.6 is 23.1 Å². The lowest BCUT2D eigenvalue weighted by atomic mass is 10.2. The monoisotopic (exact) mass is 482 g/mol. The van der Waals surface area contributed by atoms with Crippen LogP contribution in [0.25, 0.3) is 15.9 Å². The lowest BCUT2D eigenvalue weighted by molar-refractivity contribution is -0.113. The highest BCUT2D eigenvalue weighted by Gasteiger charge is 2.24. The number of hydrogen-bond donors (Lipinski definition) is 1. The van der Waals surface area contributed by atoms with Crippen molar-refractivity contribution in [3.05, 3.63) is 56.9 Å². The van der Waals surface area contributed by atoms with Crippen molar-refractivity contribution in [3.63, 3.8) is 0 Å². The highest BCUT2D eigenvalue weighted by atomic mass is 32.2. The van der Waals surface area contributed by atoms with Gasteiger partial charge < -0.3 is 14.6 Å². The number of amides is 1. The summed E-state index contributed by atoms with van der Waals surface area (Å²) in [5, 5.41) is 7.67. The molecule has 5 rings (SSSR count). The number of nitrogens with zero attached hydrogens (tertiary/aromatic N) is 3. The molecule has 10 heteroatoms. The maximum absolute atomic E-state index is 13.7. The molecule has 1 amide bonds. The van der Waals surface area contributed by atoms with Gasteiger partial charge in [0.25, 0.3) is 5.56 Å². The van der Waals surface area contributed by atoms with Crippen LogP contribution in [0.15, 0.2) is 44.8 Å². The van der Waals surface area contributed by atoms with Gasteiger partial charge in [0, 0.05) is 10.9 Å². The number of carbonyl (C=O) groups is 1. The standard InChI is InChI=1S/C23H22N4O4S2/c1-3-30-15-9-7-14(8-10-15)27-22(29)20-16-5-4-6-17(16)33-21(20)25-23(27)32-12-19(28)24-18-11-13(2)31-26-18/h7-11H,3-6,12H2,1-2H3,(H,24,26,28). The fourth-order valence-electron chi connectivity index (χ4n) is 3.94. The molecule has 0 bridgehead atoms. The van der Waals surface area contributed by atoms with Crippen molar-refractivity contribution in [2.75, 3.05) is 17.7 Å². The van der Waals surface area contributed by atoms with E-state index < -0.39 is 0 Å². The number of thiophene rings is 1. The molecular weight excluding hydrogens is 460 g/mol. The van der Waals surface area contributed by atoms with Crippen molar-refractivity contribution in [3.8, 4) is 11.4 Å². The zero-order chi connectivity index (χ0) is 22.9. The third-order valence-corrected chi connectivity index (χ3v) is 7.47. The quantitative estimate of drug-likeness (QED) is 0.309. The fraction of sp³-hybridized carbons (Fsp3) is 0.304. The summed E-state index contributed by atoms with van der Waals surface area (Å²) in [7, 11) is 0. The molecule has 4 aromatic rings. The Labute approximate surface area is 198 Å². The van der Waals surface area contributed by atoms with Gasteiger partial charge in [-0.05, 0) is 62.9 Å². The van der Waals surface area contributed by atoms with E-state index in [-0.39, 0.29) is 17.2 Å². The molecule has 0 aliphatic heterocycles. The van der Waals surface area contributed by atoms with E-state index in [2.05, 4.69) is 10.5 Å². The van der Waals surface area contributed by atoms with Gasteiger partial charge in [-0.25, -0.2) is 4.98 Å². The maximum atomic E-state index is 13.7. The Morgan fingerprint density at radius 3 is 2.85 bits per heavy atom. The third kappa shape index (κ3) is 4.28. The van der Waals surface area contributed by atoms with E-state index in [9.17, 15) is 9.59 Å². The second-order valence-corrected chi connectivity index (χ2v) is 9.69. The predicted octanol–water partition coefficient (Wildman–Crippen LogP) is 4.36. The lowest BCUT2D eigenvalue weighted by Crippen LogP contribution is -2.23. The van der Waals surface area contributed by atoms with Crippen molar-refractivity contribution < 1.29 is 14.1 Å². The van der Waals surface area contributed by atoms with Gasteiger partial charge in [-0.1, -0.05) is 16.9 Å². The van der Waals surface area contributed by atoms with E-state index >= 15 is 0 Å². The van der Waals surface area contributed by atoms with Crippen LogP contribution in [0.3, 0.4) is 0 Å². The number of aromatic nitrogens is 3. The van der Waals surface area contributed by atoms with E-state index in [0.29, 0.717) is 34.4 Å². The Hall–Kier alpha value is -3.11. The van der Waals surface area contributed by atoms with Gasteiger partial charge in [-0.3, -0.25) is 14.2 Å². The van der Waals surface area contributed by atoms with Gasteiger partial charge in [0.1, 0.15) is 16.3 Å². The SMILES string of the molecule is CCOc1ccc(-n2c(SCC(=O)Nc3cc(C)on3)nc3sc4c(c3c2=O)CCC4)cc1. The summed E-state index contributed by atoms with van der Waals surface area (Å²) in [5.41, 5.74) is 1.72. The van der Waals surface area contributed by atoms with Crippen LogP contribution in [0, 0.1) is 6.92 Å². The molecule has 0 saturated heterocycles. The van der Waals surface area contributed by atoms with Crippen LogP contribution in [-0.2, 0) is 17.6 Å². The van der Waals surface area contributed by atoms with Crippen LogP contribution < -0.4 is 15.6 Å². The average molecular weight is 483 g/mol. The first-order chi connectivity index (χ1) is 16.0. The normalized spacial score (nSPS) is 12.8. The summed E-state index contributed by atoms with van der Waals surface area (Å²) in [6, 6.07) is 9.00. The number of ether oxygens (including phenoxy) is 1. The second-order valence-electron chi connectivity index (χ2n) is 7.66. The first kappa shape index (κ1) is 21.7. The smallest absolute Gasteiger partial charge is 0.267 e.